The van der Waals surface area contributed by atoms with Gasteiger partial charge >= 0.3 is 12.4 Å². The number of alkyl halides is 6. The second-order valence-electron chi connectivity index (χ2n) is 4.85. The van der Waals surface area contributed by atoms with E-state index < -0.39 is 45.9 Å². The van der Waals surface area contributed by atoms with Crippen LogP contribution >= 0.6 is 0 Å². The highest BCUT2D eigenvalue weighted by Crippen LogP contribution is 2.47. The molecular formula is C14H8F6N2O2. The Balaban J connectivity index is 2.87. The van der Waals surface area contributed by atoms with Crippen LogP contribution in [0.15, 0.2) is 29.2 Å². The van der Waals surface area contributed by atoms with E-state index in [9.17, 15) is 31.4 Å². The highest BCUT2D eigenvalue weighted by atomic mass is 19.4. The van der Waals surface area contributed by atoms with Crippen LogP contribution in [0.1, 0.15) is 27.9 Å². The summed E-state index contributed by atoms with van der Waals surface area (Å²) < 4.78 is 84.3. The fourth-order valence-electron chi connectivity index (χ4n) is 2.39. The van der Waals surface area contributed by atoms with Crippen molar-refractivity contribution in [3.63, 3.8) is 0 Å². The van der Waals surface area contributed by atoms with Crippen molar-refractivity contribution in [3.8, 4) is 6.07 Å². The number of nitriles is 1. The van der Waals surface area contributed by atoms with Crippen molar-refractivity contribution in [2.75, 3.05) is 0 Å². The number of oxazole rings is 1. The average Bonchev–Trinajstić information content (AvgIpc) is 2.97. The molecule has 1 aromatic heterocycles. The Morgan fingerprint density at radius 2 is 1.79 bits per heavy atom. The highest BCUT2D eigenvalue weighted by molar-refractivity contribution is 5.51. The van der Waals surface area contributed by atoms with Crippen LogP contribution < -0.4 is 0 Å². The van der Waals surface area contributed by atoms with E-state index in [1.54, 1.807) is 0 Å². The summed E-state index contributed by atoms with van der Waals surface area (Å²) in [4.78, 5) is 3.22. The van der Waals surface area contributed by atoms with Gasteiger partial charge in [-0.15, -0.1) is 0 Å². The maximum Gasteiger partial charge on any atom is 0.427 e. The van der Waals surface area contributed by atoms with E-state index in [2.05, 4.69) is 9.40 Å². The molecule has 128 valence electrons. The molecule has 0 spiro atoms. The molecule has 1 unspecified atom stereocenters. The van der Waals surface area contributed by atoms with Gasteiger partial charge in [-0.3, -0.25) is 0 Å². The number of aliphatic hydroxyl groups is 1. The summed E-state index contributed by atoms with van der Waals surface area (Å²) in [6.07, 6.45) is -9.37. The summed E-state index contributed by atoms with van der Waals surface area (Å²) >= 11 is 0. The number of halogens is 6. The molecule has 1 N–H and O–H groups in total. The van der Waals surface area contributed by atoms with E-state index in [0.29, 0.717) is 24.8 Å². The average molecular weight is 350 g/mol. The van der Waals surface area contributed by atoms with Crippen LogP contribution in [0, 0.1) is 18.3 Å². The van der Waals surface area contributed by atoms with Crippen molar-refractivity contribution in [2.45, 2.75) is 24.9 Å². The minimum atomic E-state index is -5.38. The number of rotatable bonds is 2. The predicted octanol–water partition coefficient (Wildman–Crippen LogP) is 3.67. The second kappa shape index (κ2) is 5.52. The molecule has 0 aliphatic heterocycles. The smallest absolute Gasteiger partial charge is 0.427 e. The SMILES string of the molecule is Cc1c(C(O)(c2cocn2)C(F)(F)F)ccc(C#N)c1C(F)(F)F. The molecule has 4 nitrogen and oxygen atoms in total. The van der Waals surface area contributed by atoms with E-state index in [1.165, 1.54) is 6.07 Å². The van der Waals surface area contributed by atoms with Crippen molar-refractivity contribution < 1.29 is 35.9 Å². The van der Waals surface area contributed by atoms with Crippen LogP contribution in [-0.4, -0.2) is 16.3 Å². The molecule has 24 heavy (non-hydrogen) atoms. The summed E-state index contributed by atoms with van der Waals surface area (Å²) in [6, 6.07) is 2.47. The minimum Gasteiger partial charge on any atom is -0.451 e. The Kier molecular flexibility index (Phi) is 4.10. The van der Waals surface area contributed by atoms with Gasteiger partial charge < -0.3 is 9.52 Å². The van der Waals surface area contributed by atoms with Gasteiger partial charge in [0.15, 0.2) is 6.39 Å². The number of nitrogens with zero attached hydrogens (tertiary/aromatic N) is 2. The van der Waals surface area contributed by atoms with Gasteiger partial charge in [-0.2, -0.15) is 31.6 Å². The molecule has 0 saturated carbocycles. The lowest BCUT2D eigenvalue weighted by atomic mass is 9.83. The van der Waals surface area contributed by atoms with E-state index >= 15 is 0 Å². The van der Waals surface area contributed by atoms with Crippen molar-refractivity contribution in [3.05, 3.63) is 52.7 Å². The third kappa shape index (κ3) is 2.60. The Labute approximate surface area is 131 Å². The molecule has 0 radical (unpaired) electrons. The summed E-state index contributed by atoms with van der Waals surface area (Å²) in [5.41, 5.74) is -9.25. The molecule has 2 rings (SSSR count). The molecule has 1 atom stereocenters. The first kappa shape index (κ1) is 17.8. The standard InChI is InChI=1S/C14H8F6N2O2/c1-7-9(3-2-8(4-21)11(7)13(15,16)17)12(23,14(18,19)20)10-5-24-6-22-10/h2-3,5-6,23H,1H3. The van der Waals surface area contributed by atoms with Gasteiger partial charge in [0.1, 0.15) is 12.0 Å². The summed E-state index contributed by atoms with van der Waals surface area (Å²) in [5.74, 6) is 0. The monoisotopic (exact) mass is 350 g/mol. The second-order valence-corrected chi connectivity index (χ2v) is 4.85. The van der Waals surface area contributed by atoms with Crippen LogP contribution in [0.3, 0.4) is 0 Å². The molecule has 0 aliphatic carbocycles. The first-order valence-electron chi connectivity index (χ1n) is 6.23. The Hall–Kier alpha value is -2.54. The van der Waals surface area contributed by atoms with E-state index in [-0.39, 0.29) is 0 Å². The molecule has 1 heterocycles. The quantitative estimate of drug-likeness (QED) is 0.839. The molecule has 0 amide bonds. The van der Waals surface area contributed by atoms with E-state index in [0.717, 1.165) is 6.92 Å². The van der Waals surface area contributed by atoms with Gasteiger partial charge in [-0.05, 0) is 18.6 Å². The van der Waals surface area contributed by atoms with Gasteiger partial charge in [0.05, 0.1) is 17.2 Å². The number of hydrogen-bond donors (Lipinski definition) is 1. The Morgan fingerprint density at radius 1 is 1.17 bits per heavy atom. The van der Waals surface area contributed by atoms with Gasteiger partial charge in [0.2, 0.25) is 5.60 Å². The van der Waals surface area contributed by atoms with E-state index in [1.807, 2.05) is 0 Å². The number of hydrogen-bond acceptors (Lipinski definition) is 4. The summed E-state index contributed by atoms with van der Waals surface area (Å²) in [5, 5.41) is 19.0. The van der Waals surface area contributed by atoms with Crippen LogP contribution in [0.2, 0.25) is 0 Å². The maximum absolute atomic E-state index is 13.5. The zero-order valence-electron chi connectivity index (χ0n) is 11.8. The first-order chi connectivity index (χ1) is 10.9. The van der Waals surface area contributed by atoms with Crippen molar-refractivity contribution in [1.82, 2.24) is 4.98 Å². The molecule has 0 fully saturated rings. The lowest BCUT2D eigenvalue weighted by Gasteiger charge is -2.31. The van der Waals surface area contributed by atoms with Crippen molar-refractivity contribution in [2.24, 2.45) is 0 Å². The van der Waals surface area contributed by atoms with Gasteiger partial charge in [0, 0.05) is 5.56 Å². The zero-order valence-corrected chi connectivity index (χ0v) is 11.8. The Morgan fingerprint density at radius 3 is 2.21 bits per heavy atom. The summed E-state index contributed by atoms with van der Waals surface area (Å²) in [7, 11) is 0. The van der Waals surface area contributed by atoms with Crippen LogP contribution in [0.25, 0.3) is 0 Å². The lowest BCUT2D eigenvalue weighted by Crippen LogP contribution is -2.44. The maximum atomic E-state index is 13.5. The molecular weight excluding hydrogens is 342 g/mol. The van der Waals surface area contributed by atoms with Gasteiger partial charge in [-0.25, -0.2) is 4.98 Å². The van der Waals surface area contributed by atoms with Crippen LogP contribution in [-0.2, 0) is 11.8 Å². The fraction of sp³-hybridized carbons (Fsp3) is 0.286. The van der Waals surface area contributed by atoms with Gasteiger partial charge in [0.25, 0.3) is 0 Å². The Bertz CT molecular complexity index is 789. The van der Waals surface area contributed by atoms with Crippen molar-refractivity contribution >= 4 is 0 Å². The lowest BCUT2D eigenvalue weighted by molar-refractivity contribution is -0.250. The van der Waals surface area contributed by atoms with Crippen LogP contribution in [0.5, 0.6) is 0 Å². The topological polar surface area (TPSA) is 70.1 Å². The van der Waals surface area contributed by atoms with E-state index in [4.69, 9.17) is 5.26 Å². The zero-order chi connectivity index (χ0) is 18.3. The predicted molar refractivity (Wildman–Crippen MR) is 66.5 cm³/mol. The largest absolute Gasteiger partial charge is 0.451 e. The van der Waals surface area contributed by atoms with Gasteiger partial charge in [-0.1, -0.05) is 6.07 Å². The molecule has 0 saturated heterocycles. The number of aromatic nitrogens is 1. The third-order valence-corrected chi connectivity index (χ3v) is 3.47. The normalized spacial score (nSPS) is 15.0. The molecule has 0 aliphatic rings. The summed E-state index contributed by atoms with van der Waals surface area (Å²) in [6.45, 7) is 0.746. The molecule has 10 heteroatoms. The molecule has 0 bridgehead atoms. The molecule has 1 aromatic carbocycles. The first-order valence-corrected chi connectivity index (χ1v) is 6.23. The molecule has 2 aromatic rings. The van der Waals surface area contributed by atoms with Crippen molar-refractivity contribution in [1.29, 1.82) is 5.26 Å². The minimum absolute atomic E-state index is 0.485. The third-order valence-electron chi connectivity index (χ3n) is 3.47. The number of benzene rings is 1. The van der Waals surface area contributed by atoms with Crippen LogP contribution in [0.4, 0.5) is 26.3 Å². The highest BCUT2D eigenvalue weighted by Gasteiger charge is 2.59. The fourth-order valence-corrected chi connectivity index (χ4v) is 2.39.